The van der Waals surface area contributed by atoms with Gasteiger partial charge in [0.25, 0.3) is 5.91 Å². The molecule has 1 fully saturated rings. The van der Waals surface area contributed by atoms with Gasteiger partial charge in [-0.2, -0.15) is 0 Å². The molecule has 0 heterocycles. The number of carbonyl (C=O) groups is 1. The third kappa shape index (κ3) is 5.32. The van der Waals surface area contributed by atoms with E-state index in [4.69, 9.17) is 0 Å². The maximum Gasteiger partial charge on any atom is 0.251 e. The molecule has 0 aliphatic heterocycles. The van der Waals surface area contributed by atoms with Crippen LogP contribution in [0.25, 0.3) is 0 Å². The fourth-order valence-corrected chi connectivity index (χ4v) is 4.12. The predicted octanol–water partition coefficient (Wildman–Crippen LogP) is 2.83. The third-order valence-electron chi connectivity index (χ3n) is 4.02. The Morgan fingerprint density at radius 2 is 1.61 bits per heavy atom. The van der Waals surface area contributed by atoms with E-state index in [1.807, 2.05) is 13.8 Å². The lowest BCUT2D eigenvalue weighted by molar-refractivity contribution is 0.0943. The molecule has 0 aromatic heterocycles. The smallest absolute Gasteiger partial charge is 0.251 e. The first kappa shape index (κ1) is 17.9. The van der Waals surface area contributed by atoms with Gasteiger partial charge < -0.3 is 5.32 Å². The number of benzene rings is 1. The number of amides is 1. The van der Waals surface area contributed by atoms with Gasteiger partial charge in [-0.1, -0.05) is 25.7 Å². The Morgan fingerprint density at radius 1 is 1.04 bits per heavy atom. The summed E-state index contributed by atoms with van der Waals surface area (Å²) in [7, 11) is -3.52. The van der Waals surface area contributed by atoms with Crippen molar-refractivity contribution in [2.24, 2.45) is 0 Å². The highest BCUT2D eigenvalue weighted by atomic mass is 32.2. The zero-order valence-electron chi connectivity index (χ0n) is 13.8. The number of hydrogen-bond acceptors (Lipinski definition) is 3. The van der Waals surface area contributed by atoms with Crippen LogP contribution < -0.4 is 10.0 Å². The molecule has 2 rings (SSSR count). The molecule has 0 saturated heterocycles. The van der Waals surface area contributed by atoms with E-state index in [1.165, 1.54) is 25.0 Å². The molecule has 0 unspecified atom stereocenters. The van der Waals surface area contributed by atoms with E-state index in [1.54, 1.807) is 12.1 Å². The van der Waals surface area contributed by atoms with Crippen LogP contribution in [0.1, 0.15) is 62.7 Å². The van der Waals surface area contributed by atoms with Crippen LogP contribution in [0.15, 0.2) is 29.2 Å². The summed E-state index contributed by atoms with van der Waals surface area (Å²) in [5.41, 5.74) is 0.465. The van der Waals surface area contributed by atoms with Crippen LogP contribution in [0.5, 0.6) is 0 Å². The van der Waals surface area contributed by atoms with E-state index in [0.717, 1.165) is 25.7 Å². The minimum atomic E-state index is -3.52. The fourth-order valence-electron chi connectivity index (χ4n) is 2.82. The molecule has 0 atom stereocenters. The molecule has 0 bridgehead atoms. The van der Waals surface area contributed by atoms with Crippen LogP contribution in [-0.4, -0.2) is 26.4 Å². The van der Waals surface area contributed by atoms with Crippen molar-refractivity contribution in [1.82, 2.24) is 10.0 Å². The van der Waals surface area contributed by atoms with Crippen LogP contribution in [0.4, 0.5) is 0 Å². The predicted molar refractivity (Wildman–Crippen MR) is 90.9 cm³/mol. The summed E-state index contributed by atoms with van der Waals surface area (Å²) in [6.45, 7) is 3.76. The van der Waals surface area contributed by atoms with Gasteiger partial charge in [0.1, 0.15) is 0 Å². The molecule has 1 aromatic carbocycles. The summed E-state index contributed by atoms with van der Waals surface area (Å²) in [6.07, 6.45) is 6.29. The Hall–Kier alpha value is -1.40. The molecule has 6 heteroatoms. The molecule has 0 radical (unpaired) electrons. The standard InChI is InChI=1S/C17H26N2O3S/c1-13(2)18-17(20)14-9-11-16(12-10-14)23(21,22)19-15-7-5-3-4-6-8-15/h9-13,15,19H,3-8H2,1-2H3,(H,18,20). The normalized spacial score (nSPS) is 17.0. The molecule has 5 nitrogen and oxygen atoms in total. The lowest BCUT2D eigenvalue weighted by Gasteiger charge is -2.16. The van der Waals surface area contributed by atoms with Gasteiger partial charge in [0.05, 0.1) is 4.90 Å². The summed E-state index contributed by atoms with van der Waals surface area (Å²) in [5.74, 6) is -0.194. The Labute approximate surface area is 138 Å². The molecule has 1 saturated carbocycles. The van der Waals surface area contributed by atoms with Crippen molar-refractivity contribution in [1.29, 1.82) is 0 Å². The van der Waals surface area contributed by atoms with E-state index in [0.29, 0.717) is 5.56 Å². The minimum Gasteiger partial charge on any atom is -0.350 e. The SMILES string of the molecule is CC(C)NC(=O)c1ccc(S(=O)(=O)NC2CCCCCC2)cc1. The average molecular weight is 338 g/mol. The molecular weight excluding hydrogens is 312 g/mol. The molecule has 128 valence electrons. The fraction of sp³-hybridized carbons (Fsp3) is 0.588. The first-order chi connectivity index (χ1) is 10.9. The summed E-state index contributed by atoms with van der Waals surface area (Å²) in [5, 5.41) is 2.79. The van der Waals surface area contributed by atoms with Gasteiger partial charge >= 0.3 is 0 Å². The lowest BCUT2D eigenvalue weighted by atomic mass is 10.1. The van der Waals surface area contributed by atoms with E-state index in [9.17, 15) is 13.2 Å². The third-order valence-corrected chi connectivity index (χ3v) is 5.56. The van der Waals surface area contributed by atoms with Crippen LogP contribution >= 0.6 is 0 Å². The Balaban J connectivity index is 2.06. The van der Waals surface area contributed by atoms with E-state index in [2.05, 4.69) is 10.0 Å². The molecule has 1 aromatic rings. The van der Waals surface area contributed by atoms with Crippen molar-refractivity contribution in [2.75, 3.05) is 0 Å². The Bertz CT molecular complexity index is 616. The highest BCUT2D eigenvalue weighted by molar-refractivity contribution is 7.89. The largest absolute Gasteiger partial charge is 0.350 e. The summed E-state index contributed by atoms with van der Waals surface area (Å²) >= 11 is 0. The van der Waals surface area contributed by atoms with Crippen molar-refractivity contribution in [3.05, 3.63) is 29.8 Å². The van der Waals surface area contributed by atoms with Crippen molar-refractivity contribution in [3.8, 4) is 0 Å². The Kier molecular flexibility index (Phi) is 6.18. The lowest BCUT2D eigenvalue weighted by Crippen LogP contribution is -2.34. The summed E-state index contributed by atoms with van der Waals surface area (Å²) in [6, 6.07) is 6.16. The zero-order chi connectivity index (χ0) is 16.9. The number of nitrogens with one attached hydrogen (secondary N) is 2. The molecule has 1 aliphatic carbocycles. The van der Waals surface area contributed by atoms with Crippen LogP contribution in [0.2, 0.25) is 0 Å². The molecule has 2 N–H and O–H groups in total. The van der Waals surface area contributed by atoms with Crippen molar-refractivity contribution in [3.63, 3.8) is 0 Å². The van der Waals surface area contributed by atoms with E-state index >= 15 is 0 Å². The van der Waals surface area contributed by atoms with Crippen LogP contribution in [0, 0.1) is 0 Å². The van der Waals surface area contributed by atoms with Gasteiger partial charge in [-0.25, -0.2) is 13.1 Å². The molecular formula is C17H26N2O3S. The van der Waals surface area contributed by atoms with Crippen molar-refractivity contribution < 1.29 is 13.2 Å². The number of hydrogen-bond donors (Lipinski definition) is 2. The second-order valence-electron chi connectivity index (χ2n) is 6.46. The quantitative estimate of drug-likeness (QED) is 0.811. The number of carbonyl (C=O) groups excluding carboxylic acids is 1. The zero-order valence-corrected chi connectivity index (χ0v) is 14.7. The van der Waals surface area contributed by atoms with Gasteiger partial charge in [-0.05, 0) is 51.0 Å². The second-order valence-corrected chi connectivity index (χ2v) is 8.18. The molecule has 23 heavy (non-hydrogen) atoms. The first-order valence-electron chi connectivity index (χ1n) is 8.32. The van der Waals surface area contributed by atoms with E-state index in [-0.39, 0.29) is 22.9 Å². The van der Waals surface area contributed by atoms with Gasteiger partial charge in [0, 0.05) is 17.6 Å². The highest BCUT2D eigenvalue weighted by Gasteiger charge is 2.21. The van der Waals surface area contributed by atoms with Gasteiger partial charge in [-0.15, -0.1) is 0 Å². The number of sulfonamides is 1. The van der Waals surface area contributed by atoms with Gasteiger partial charge in [-0.3, -0.25) is 4.79 Å². The maximum atomic E-state index is 12.5. The second kappa shape index (κ2) is 7.93. The number of rotatable bonds is 5. The molecule has 0 spiro atoms. The van der Waals surface area contributed by atoms with Crippen molar-refractivity contribution >= 4 is 15.9 Å². The molecule has 1 aliphatic rings. The monoisotopic (exact) mass is 338 g/mol. The summed E-state index contributed by atoms with van der Waals surface area (Å²) in [4.78, 5) is 12.1. The van der Waals surface area contributed by atoms with Gasteiger partial charge in [0.15, 0.2) is 0 Å². The first-order valence-corrected chi connectivity index (χ1v) is 9.80. The topological polar surface area (TPSA) is 75.3 Å². The van der Waals surface area contributed by atoms with Gasteiger partial charge in [0.2, 0.25) is 10.0 Å². The highest BCUT2D eigenvalue weighted by Crippen LogP contribution is 2.20. The van der Waals surface area contributed by atoms with Crippen LogP contribution in [-0.2, 0) is 10.0 Å². The van der Waals surface area contributed by atoms with Crippen molar-refractivity contribution in [2.45, 2.75) is 69.4 Å². The van der Waals surface area contributed by atoms with Crippen LogP contribution in [0.3, 0.4) is 0 Å². The summed E-state index contributed by atoms with van der Waals surface area (Å²) < 4.78 is 27.7. The average Bonchev–Trinajstić information content (AvgIpc) is 2.75. The minimum absolute atomic E-state index is 0.0198. The maximum absolute atomic E-state index is 12.5. The molecule has 1 amide bonds. The van der Waals surface area contributed by atoms with E-state index < -0.39 is 10.0 Å². The Morgan fingerprint density at radius 3 is 2.13 bits per heavy atom.